The Morgan fingerprint density at radius 2 is 2.26 bits per heavy atom. The van der Waals surface area contributed by atoms with Crippen molar-refractivity contribution in [2.24, 2.45) is 5.73 Å². The first-order valence-electron chi connectivity index (χ1n) is 6.30. The maximum Gasteiger partial charge on any atom is 0.271 e. The third-order valence-electron chi connectivity index (χ3n) is 2.55. The Morgan fingerprint density at radius 3 is 2.84 bits per heavy atom. The monoisotopic (exact) mass is 284 g/mol. The van der Waals surface area contributed by atoms with Gasteiger partial charge in [-0.25, -0.2) is 4.98 Å². The van der Waals surface area contributed by atoms with Crippen molar-refractivity contribution in [3.8, 4) is 0 Å². The normalized spacial score (nSPS) is 11.9. The van der Waals surface area contributed by atoms with E-state index in [4.69, 9.17) is 5.73 Å². The maximum atomic E-state index is 11.9. The highest BCUT2D eigenvalue weighted by Crippen LogP contribution is 2.15. The van der Waals surface area contributed by atoms with Crippen molar-refractivity contribution in [1.29, 1.82) is 0 Å². The van der Waals surface area contributed by atoms with Crippen LogP contribution in [0.15, 0.2) is 5.38 Å². The van der Waals surface area contributed by atoms with Crippen LogP contribution in [0.5, 0.6) is 0 Å². The molecule has 1 heterocycles. The molecule has 1 atom stereocenters. The van der Waals surface area contributed by atoms with Crippen LogP contribution in [-0.4, -0.2) is 29.4 Å². The molecular weight excluding hydrogens is 264 g/mol. The predicted molar refractivity (Wildman–Crippen MR) is 76.3 cm³/mol. The standard InChI is InChI=1S/C12H20N4O2S/c1-3-4-5-9(6-13)15-11(18)10-7-19-12(16-10)14-8(2)17/h7,9H,3-6,13H2,1-2H3,(H,15,18)(H,14,16,17). The molecule has 2 amide bonds. The van der Waals surface area contributed by atoms with E-state index in [2.05, 4.69) is 22.5 Å². The summed E-state index contributed by atoms with van der Waals surface area (Å²) in [6, 6.07) is -0.0293. The first-order valence-corrected chi connectivity index (χ1v) is 7.18. The summed E-state index contributed by atoms with van der Waals surface area (Å²) in [5, 5.41) is 7.44. The topological polar surface area (TPSA) is 97.1 Å². The lowest BCUT2D eigenvalue weighted by atomic mass is 10.1. The minimum absolute atomic E-state index is 0.0293. The molecular formula is C12H20N4O2S. The van der Waals surface area contributed by atoms with Gasteiger partial charge in [-0.05, 0) is 6.42 Å². The molecule has 0 aliphatic heterocycles. The molecule has 0 radical (unpaired) electrons. The number of thiazole rings is 1. The molecule has 7 heteroatoms. The molecule has 1 aromatic heterocycles. The Hall–Kier alpha value is -1.47. The fraction of sp³-hybridized carbons (Fsp3) is 0.583. The number of nitrogens with zero attached hydrogens (tertiary/aromatic N) is 1. The van der Waals surface area contributed by atoms with Crippen LogP contribution >= 0.6 is 11.3 Å². The highest BCUT2D eigenvalue weighted by atomic mass is 32.1. The van der Waals surface area contributed by atoms with Crippen molar-refractivity contribution in [3.05, 3.63) is 11.1 Å². The van der Waals surface area contributed by atoms with Crippen LogP contribution in [-0.2, 0) is 4.79 Å². The van der Waals surface area contributed by atoms with E-state index >= 15 is 0 Å². The van der Waals surface area contributed by atoms with Gasteiger partial charge >= 0.3 is 0 Å². The lowest BCUT2D eigenvalue weighted by molar-refractivity contribution is -0.114. The second kappa shape index (κ2) is 7.85. The van der Waals surface area contributed by atoms with Crippen LogP contribution in [0.4, 0.5) is 5.13 Å². The first kappa shape index (κ1) is 15.6. The number of nitrogens with one attached hydrogen (secondary N) is 2. The summed E-state index contributed by atoms with van der Waals surface area (Å²) in [5.74, 6) is -0.455. The number of aromatic nitrogens is 1. The van der Waals surface area contributed by atoms with Gasteiger partial charge in [0.15, 0.2) is 5.13 Å². The Morgan fingerprint density at radius 1 is 1.53 bits per heavy atom. The Bertz CT molecular complexity index is 433. The molecule has 19 heavy (non-hydrogen) atoms. The minimum Gasteiger partial charge on any atom is -0.347 e. The van der Waals surface area contributed by atoms with Crippen LogP contribution in [0.25, 0.3) is 0 Å². The number of nitrogens with two attached hydrogens (primary N) is 1. The lowest BCUT2D eigenvalue weighted by Crippen LogP contribution is -2.40. The number of rotatable bonds is 7. The van der Waals surface area contributed by atoms with Gasteiger partial charge in [-0.1, -0.05) is 19.8 Å². The number of anilines is 1. The molecule has 1 unspecified atom stereocenters. The third kappa shape index (κ3) is 5.35. The van der Waals surface area contributed by atoms with Gasteiger partial charge in [0.1, 0.15) is 5.69 Å². The summed E-state index contributed by atoms with van der Waals surface area (Å²) >= 11 is 1.22. The Kier molecular flexibility index (Phi) is 6.44. The summed E-state index contributed by atoms with van der Waals surface area (Å²) in [6.45, 7) is 3.90. The van der Waals surface area contributed by atoms with Crippen LogP contribution in [0.3, 0.4) is 0 Å². The van der Waals surface area contributed by atoms with Crippen molar-refractivity contribution in [3.63, 3.8) is 0 Å². The van der Waals surface area contributed by atoms with E-state index in [0.29, 0.717) is 17.4 Å². The van der Waals surface area contributed by atoms with E-state index < -0.39 is 0 Å². The van der Waals surface area contributed by atoms with E-state index in [9.17, 15) is 9.59 Å². The zero-order chi connectivity index (χ0) is 14.3. The Balaban J connectivity index is 2.56. The lowest BCUT2D eigenvalue weighted by Gasteiger charge is -2.15. The number of hydrogen-bond donors (Lipinski definition) is 3. The van der Waals surface area contributed by atoms with E-state index in [1.165, 1.54) is 18.3 Å². The molecule has 0 saturated heterocycles. The van der Waals surface area contributed by atoms with E-state index in [-0.39, 0.29) is 17.9 Å². The second-order valence-electron chi connectivity index (χ2n) is 4.27. The second-order valence-corrected chi connectivity index (χ2v) is 5.13. The van der Waals surface area contributed by atoms with Crippen molar-refractivity contribution < 1.29 is 9.59 Å². The van der Waals surface area contributed by atoms with Crippen molar-refractivity contribution >= 4 is 28.3 Å². The largest absolute Gasteiger partial charge is 0.347 e. The highest BCUT2D eigenvalue weighted by molar-refractivity contribution is 7.14. The van der Waals surface area contributed by atoms with E-state index in [1.54, 1.807) is 5.38 Å². The molecule has 0 aliphatic carbocycles. The minimum atomic E-state index is -0.251. The summed E-state index contributed by atoms with van der Waals surface area (Å²) in [7, 11) is 0. The molecule has 0 aromatic carbocycles. The first-order chi connectivity index (χ1) is 9.06. The molecule has 0 fully saturated rings. The van der Waals surface area contributed by atoms with Gasteiger partial charge in [0.05, 0.1) is 0 Å². The van der Waals surface area contributed by atoms with Crippen LogP contribution in [0, 0.1) is 0 Å². The summed E-state index contributed by atoms with van der Waals surface area (Å²) in [6.07, 6.45) is 2.95. The molecule has 1 rings (SSSR count). The van der Waals surface area contributed by atoms with Crippen LogP contribution in [0.1, 0.15) is 43.6 Å². The highest BCUT2D eigenvalue weighted by Gasteiger charge is 2.15. The molecule has 0 aliphatic rings. The zero-order valence-electron chi connectivity index (χ0n) is 11.2. The number of unbranched alkanes of at least 4 members (excludes halogenated alkanes) is 1. The maximum absolute atomic E-state index is 11.9. The quantitative estimate of drug-likeness (QED) is 0.704. The average Bonchev–Trinajstić information content (AvgIpc) is 2.81. The van der Waals surface area contributed by atoms with Gasteiger partial charge in [-0.3, -0.25) is 9.59 Å². The SMILES string of the molecule is CCCCC(CN)NC(=O)c1csc(NC(C)=O)n1. The summed E-state index contributed by atoms with van der Waals surface area (Å²) in [4.78, 5) is 26.9. The number of carbonyl (C=O) groups excluding carboxylic acids is 2. The van der Waals surface area contributed by atoms with Crippen molar-refractivity contribution in [2.45, 2.75) is 39.2 Å². The van der Waals surface area contributed by atoms with Gasteiger partial charge in [0.25, 0.3) is 5.91 Å². The molecule has 4 N–H and O–H groups in total. The Labute approximate surface area is 116 Å². The smallest absolute Gasteiger partial charge is 0.271 e. The average molecular weight is 284 g/mol. The molecule has 0 bridgehead atoms. The van der Waals surface area contributed by atoms with Gasteiger partial charge in [0.2, 0.25) is 5.91 Å². The van der Waals surface area contributed by atoms with Crippen LogP contribution < -0.4 is 16.4 Å². The predicted octanol–water partition coefficient (Wildman–Crippen LogP) is 1.35. The molecule has 0 saturated carbocycles. The molecule has 1 aromatic rings. The molecule has 106 valence electrons. The fourth-order valence-electron chi connectivity index (χ4n) is 1.54. The van der Waals surface area contributed by atoms with Crippen molar-refractivity contribution in [1.82, 2.24) is 10.3 Å². The van der Waals surface area contributed by atoms with E-state index in [1.807, 2.05) is 0 Å². The molecule has 6 nitrogen and oxygen atoms in total. The van der Waals surface area contributed by atoms with Crippen molar-refractivity contribution in [2.75, 3.05) is 11.9 Å². The van der Waals surface area contributed by atoms with Gasteiger partial charge in [-0.15, -0.1) is 11.3 Å². The van der Waals surface area contributed by atoms with Gasteiger partial charge in [-0.2, -0.15) is 0 Å². The summed E-state index contributed by atoms with van der Waals surface area (Å²) in [5.41, 5.74) is 5.93. The third-order valence-corrected chi connectivity index (χ3v) is 3.30. The number of amides is 2. The number of hydrogen-bond acceptors (Lipinski definition) is 5. The number of carbonyl (C=O) groups is 2. The fourth-order valence-corrected chi connectivity index (χ4v) is 2.28. The van der Waals surface area contributed by atoms with Crippen LogP contribution in [0.2, 0.25) is 0 Å². The summed E-state index contributed by atoms with van der Waals surface area (Å²) < 4.78 is 0. The molecule has 0 spiro atoms. The van der Waals surface area contributed by atoms with Gasteiger partial charge < -0.3 is 16.4 Å². The van der Waals surface area contributed by atoms with E-state index in [0.717, 1.165) is 19.3 Å². The van der Waals surface area contributed by atoms with Gasteiger partial charge in [0, 0.05) is 24.9 Å². The zero-order valence-corrected chi connectivity index (χ0v) is 12.0.